The first kappa shape index (κ1) is 21.2. The highest BCUT2D eigenvalue weighted by atomic mass is 32.1. The molecule has 0 bridgehead atoms. The molecule has 4 rings (SSSR count). The van der Waals surface area contributed by atoms with Crippen molar-refractivity contribution in [3.8, 4) is 22.1 Å². The van der Waals surface area contributed by atoms with E-state index in [1.165, 1.54) is 34.2 Å². The van der Waals surface area contributed by atoms with Crippen LogP contribution >= 0.6 is 11.3 Å². The number of para-hydroxylation sites is 1. The number of aromatic nitrogens is 3. The van der Waals surface area contributed by atoms with Crippen molar-refractivity contribution in [2.24, 2.45) is 0 Å². The molecule has 4 aromatic rings. The lowest BCUT2D eigenvalue weighted by Gasteiger charge is -2.07. The van der Waals surface area contributed by atoms with Crippen molar-refractivity contribution in [3.05, 3.63) is 81.3 Å². The number of ether oxygens (including phenoxy) is 1. The molecule has 0 aliphatic carbocycles. The number of benzene rings is 2. The topological polar surface area (TPSA) is 112 Å². The van der Waals surface area contributed by atoms with Gasteiger partial charge in [0.25, 0.3) is 11.6 Å². The summed E-state index contributed by atoms with van der Waals surface area (Å²) in [5.74, 6) is 0.564. The molecule has 2 heterocycles. The molecule has 0 unspecified atom stereocenters. The van der Waals surface area contributed by atoms with E-state index < -0.39 is 10.8 Å². The second-order valence-electron chi connectivity index (χ2n) is 6.78. The van der Waals surface area contributed by atoms with Gasteiger partial charge in [-0.05, 0) is 44.2 Å². The molecule has 0 aliphatic heterocycles. The van der Waals surface area contributed by atoms with Gasteiger partial charge in [0.1, 0.15) is 17.1 Å². The lowest BCUT2D eigenvalue weighted by atomic mass is 10.1. The van der Waals surface area contributed by atoms with Crippen LogP contribution in [0.25, 0.3) is 16.4 Å². The summed E-state index contributed by atoms with van der Waals surface area (Å²) in [6.45, 7) is 4.32. The van der Waals surface area contributed by atoms with Crippen molar-refractivity contribution < 1.29 is 14.5 Å². The molecule has 2 aromatic carbocycles. The molecule has 0 atom stereocenters. The van der Waals surface area contributed by atoms with Crippen molar-refractivity contribution in [3.63, 3.8) is 0 Å². The van der Waals surface area contributed by atoms with Crippen molar-refractivity contribution in [1.82, 2.24) is 14.8 Å². The van der Waals surface area contributed by atoms with E-state index in [1.54, 1.807) is 19.1 Å². The number of nitrogens with zero attached hydrogens (tertiary/aromatic N) is 4. The number of rotatable bonds is 7. The molecule has 0 spiro atoms. The number of nitrogens with one attached hydrogen (secondary N) is 1. The van der Waals surface area contributed by atoms with Crippen molar-refractivity contribution in [1.29, 1.82) is 0 Å². The van der Waals surface area contributed by atoms with Gasteiger partial charge in [0, 0.05) is 23.1 Å². The van der Waals surface area contributed by atoms with Crippen LogP contribution in [0, 0.1) is 17.0 Å². The molecule has 32 heavy (non-hydrogen) atoms. The van der Waals surface area contributed by atoms with Gasteiger partial charge in [0.05, 0.1) is 22.9 Å². The lowest BCUT2D eigenvalue weighted by Crippen LogP contribution is -2.16. The molecule has 0 radical (unpaired) electrons. The second-order valence-corrected chi connectivity index (χ2v) is 7.62. The monoisotopic (exact) mass is 449 g/mol. The number of nitro benzene ring substituents is 1. The van der Waals surface area contributed by atoms with Gasteiger partial charge in [0.15, 0.2) is 0 Å². The van der Waals surface area contributed by atoms with Crippen LogP contribution in [0.15, 0.2) is 60.0 Å². The maximum atomic E-state index is 12.8. The van der Waals surface area contributed by atoms with Crippen LogP contribution < -0.4 is 10.1 Å². The SMILES string of the molecule is CCOc1ccc(-c2csc(-n3nc(C)cc3NC(=O)c3ccccc3[N+](=O)[O-])n2)cc1. The van der Waals surface area contributed by atoms with Crippen molar-refractivity contribution in [2.45, 2.75) is 13.8 Å². The Hall–Kier alpha value is -4.05. The Bertz CT molecular complexity index is 1280. The fraction of sp³-hybridized carbons (Fsp3) is 0.136. The maximum absolute atomic E-state index is 12.8. The second kappa shape index (κ2) is 8.98. The lowest BCUT2D eigenvalue weighted by molar-refractivity contribution is -0.385. The first-order chi connectivity index (χ1) is 15.5. The summed E-state index contributed by atoms with van der Waals surface area (Å²) in [7, 11) is 0. The number of amides is 1. The predicted molar refractivity (Wildman–Crippen MR) is 122 cm³/mol. The number of anilines is 1. The van der Waals surface area contributed by atoms with Crippen LogP contribution in [0.1, 0.15) is 23.0 Å². The highest BCUT2D eigenvalue weighted by Crippen LogP contribution is 2.28. The van der Waals surface area contributed by atoms with E-state index in [2.05, 4.69) is 15.4 Å². The van der Waals surface area contributed by atoms with Gasteiger partial charge >= 0.3 is 0 Å². The van der Waals surface area contributed by atoms with Crippen molar-refractivity contribution >= 4 is 28.7 Å². The van der Waals surface area contributed by atoms with Gasteiger partial charge in [-0.1, -0.05) is 12.1 Å². The minimum absolute atomic E-state index is 0.0304. The molecule has 9 nitrogen and oxygen atoms in total. The first-order valence-electron chi connectivity index (χ1n) is 9.77. The van der Waals surface area contributed by atoms with Gasteiger partial charge in [0.2, 0.25) is 5.13 Å². The smallest absolute Gasteiger partial charge is 0.282 e. The number of hydrogen-bond acceptors (Lipinski definition) is 7. The van der Waals surface area contributed by atoms with Crippen LogP contribution in [0.5, 0.6) is 5.75 Å². The number of thiazole rings is 1. The molecule has 1 amide bonds. The molecule has 0 saturated carbocycles. The van der Waals surface area contributed by atoms with E-state index >= 15 is 0 Å². The van der Waals surface area contributed by atoms with E-state index in [-0.39, 0.29) is 11.3 Å². The van der Waals surface area contributed by atoms with Gasteiger partial charge in [-0.15, -0.1) is 11.3 Å². The molecule has 0 aliphatic rings. The van der Waals surface area contributed by atoms with E-state index in [0.717, 1.165) is 17.0 Å². The molecule has 10 heteroatoms. The zero-order chi connectivity index (χ0) is 22.7. The quantitative estimate of drug-likeness (QED) is 0.318. The van der Waals surface area contributed by atoms with E-state index in [4.69, 9.17) is 4.74 Å². The van der Waals surface area contributed by atoms with Crippen LogP contribution in [0.4, 0.5) is 11.5 Å². The summed E-state index contributed by atoms with van der Waals surface area (Å²) in [6.07, 6.45) is 0. The van der Waals surface area contributed by atoms with Crippen LogP contribution in [-0.4, -0.2) is 32.2 Å². The van der Waals surface area contributed by atoms with E-state index in [1.807, 2.05) is 36.6 Å². The largest absolute Gasteiger partial charge is 0.494 e. The third kappa shape index (κ3) is 4.35. The predicted octanol–water partition coefficient (Wildman–Crippen LogP) is 4.86. The van der Waals surface area contributed by atoms with Crippen LogP contribution in [0.2, 0.25) is 0 Å². The summed E-state index contributed by atoms with van der Waals surface area (Å²) in [5, 5.41) is 20.9. The Labute approximate surface area is 187 Å². The van der Waals surface area contributed by atoms with Gasteiger partial charge < -0.3 is 10.1 Å². The zero-order valence-electron chi connectivity index (χ0n) is 17.3. The van der Waals surface area contributed by atoms with Crippen LogP contribution in [-0.2, 0) is 0 Å². The third-order valence-electron chi connectivity index (χ3n) is 4.55. The van der Waals surface area contributed by atoms with E-state index in [9.17, 15) is 14.9 Å². The Morgan fingerprint density at radius 1 is 1.22 bits per heavy atom. The average molecular weight is 449 g/mol. The summed E-state index contributed by atoms with van der Waals surface area (Å²) in [5.41, 5.74) is 2.06. The molecule has 0 fully saturated rings. The molecular weight excluding hydrogens is 430 g/mol. The first-order valence-corrected chi connectivity index (χ1v) is 10.6. The minimum atomic E-state index is -0.596. The summed E-state index contributed by atoms with van der Waals surface area (Å²) in [6, 6.07) is 15.1. The Balaban J connectivity index is 1.61. The maximum Gasteiger partial charge on any atom is 0.282 e. The summed E-state index contributed by atoms with van der Waals surface area (Å²) >= 11 is 1.37. The van der Waals surface area contributed by atoms with Crippen LogP contribution in [0.3, 0.4) is 0 Å². The Kier molecular flexibility index (Phi) is 5.95. The number of hydrogen-bond donors (Lipinski definition) is 1. The Morgan fingerprint density at radius 3 is 2.69 bits per heavy atom. The molecule has 1 N–H and O–H groups in total. The number of nitro groups is 1. The highest BCUT2D eigenvalue weighted by Gasteiger charge is 2.21. The number of carbonyl (C=O) groups is 1. The third-order valence-corrected chi connectivity index (χ3v) is 5.37. The van der Waals surface area contributed by atoms with Gasteiger partial charge in [-0.2, -0.15) is 9.78 Å². The van der Waals surface area contributed by atoms with E-state index in [0.29, 0.717) is 23.3 Å². The molecule has 2 aromatic heterocycles. The normalized spacial score (nSPS) is 10.7. The standard InChI is InChI=1S/C22H19N5O4S/c1-3-31-16-10-8-15(9-11-16)18-13-32-22(23-18)26-20(12-14(2)25-26)24-21(28)17-6-4-5-7-19(17)27(29)30/h4-13H,3H2,1-2H3,(H,24,28). The highest BCUT2D eigenvalue weighted by molar-refractivity contribution is 7.12. The number of carbonyl (C=O) groups excluding carboxylic acids is 1. The fourth-order valence-electron chi connectivity index (χ4n) is 3.13. The average Bonchev–Trinajstić information content (AvgIpc) is 3.41. The summed E-state index contributed by atoms with van der Waals surface area (Å²) < 4.78 is 6.99. The number of aryl methyl sites for hydroxylation is 1. The fourth-order valence-corrected chi connectivity index (χ4v) is 3.92. The van der Waals surface area contributed by atoms with Crippen molar-refractivity contribution in [2.75, 3.05) is 11.9 Å². The molecule has 0 saturated heterocycles. The molecule has 162 valence electrons. The Morgan fingerprint density at radius 2 is 1.97 bits per heavy atom. The summed E-state index contributed by atoms with van der Waals surface area (Å²) in [4.78, 5) is 28.1. The van der Waals surface area contributed by atoms with Gasteiger partial charge in [-0.3, -0.25) is 14.9 Å². The molecular formula is C22H19N5O4S. The minimum Gasteiger partial charge on any atom is -0.494 e. The zero-order valence-corrected chi connectivity index (χ0v) is 18.1. The van der Waals surface area contributed by atoms with Gasteiger partial charge in [-0.25, -0.2) is 4.98 Å².